The molecule has 2 atom stereocenters. The number of carbonyl (C=O) groups excluding carboxylic acids is 2. The first-order valence-electron chi connectivity index (χ1n) is 13.8. The number of amides is 2. The first-order valence-corrected chi connectivity index (χ1v) is 14.1. The first kappa shape index (κ1) is 28.8. The van der Waals surface area contributed by atoms with Crippen molar-refractivity contribution >= 4 is 40.6 Å². The Kier molecular flexibility index (Phi) is 7.19. The van der Waals surface area contributed by atoms with Crippen molar-refractivity contribution in [3.63, 3.8) is 0 Å². The number of hydrogen-bond donors (Lipinski definition) is 2. The maximum atomic E-state index is 13.2. The van der Waals surface area contributed by atoms with Gasteiger partial charge in [0, 0.05) is 56.0 Å². The van der Waals surface area contributed by atoms with Crippen LogP contribution in [0.25, 0.3) is 16.8 Å². The van der Waals surface area contributed by atoms with E-state index in [9.17, 15) is 22.8 Å². The molecule has 2 aliphatic rings. The summed E-state index contributed by atoms with van der Waals surface area (Å²) in [7, 11) is 1.13. The summed E-state index contributed by atoms with van der Waals surface area (Å²) in [5.41, 5.74) is 6.66. The smallest absolute Gasteiger partial charge is 0.433 e. The van der Waals surface area contributed by atoms with E-state index in [4.69, 9.17) is 27.1 Å². The number of carbonyl (C=O) groups is 2. The summed E-state index contributed by atoms with van der Waals surface area (Å²) in [4.78, 5) is 36.8. The number of hydrogen-bond acceptors (Lipinski definition) is 7. The van der Waals surface area contributed by atoms with Gasteiger partial charge in [0.05, 0.1) is 17.2 Å². The molecule has 11 nitrogen and oxygen atoms in total. The summed E-state index contributed by atoms with van der Waals surface area (Å²) in [6.45, 7) is 2.52. The minimum absolute atomic E-state index is 0.0390. The zero-order chi connectivity index (χ0) is 30.6. The number of aromatic nitrogens is 5. The Morgan fingerprint density at radius 2 is 2.02 bits per heavy atom. The van der Waals surface area contributed by atoms with Crippen molar-refractivity contribution in [3.05, 3.63) is 52.7 Å². The maximum absolute atomic E-state index is 13.2. The Balaban J connectivity index is 1.39. The van der Waals surface area contributed by atoms with E-state index in [0.29, 0.717) is 40.2 Å². The fraction of sp³-hybridized carbons (Fsp3) is 0.393. The van der Waals surface area contributed by atoms with Gasteiger partial charge in [0.1, 0.15) is 34.3 Å². The number of nitrogens with two attached hydrogens (primary N) is 1. The molecule has 226 valence electrons. The van der Waals surface area contributed by atoms with Crippen LogP contribution in [0.5, 0.6) is 5.75 Å². The molecule has 4 aromatic rings. The van der Waals surface area contributed by atoms with Crippen LogP contribution in [0.15, 0.2) is 30.6 Å². The minimum Gasteiger partial charge on any atom is -0.493 e. The third kappa shape index (κ3) is 5.13. The number of imidazole rings is 1. The molecule has 2 aliphatic heterocycles. The van der Waals surface area contributed by atoms with Crippen molar-refractivity contribution in [1.29, 1.82) is 0 Å². The Bertz CT molecular complexity index is 1750. The van der Waals surface area contributed by atoms with Crippen LogP contribution in [0, 0.1) is 0 Å². The summed E-state index contributed by atoms with van der Waals surface area (Å²) in [6, 6.07) is 3.83. The number of benzene rings is 1. The molecule has 5 heterocycles. The number of alkyl halides is 3. The number of halogens is 4. The molecule has 3 N–H and O–H groups in total. The normalized spacial score (nSPS) is 18.7. The van der Waals surface area contributed by atoms with E-state index in [1.165, 1.54) is 12.1 Å². The highest BCUT2D eigenvalue weighted by molar-refractivity contribution is 6.34. The van der Waals surface area contributed by atoms with Gasteiger partial charge in [0.15, 0.2) is 5.82 Å². The van der Waals surface area contributed by atoms with Gasteiger partial charge >= 0.3 is 6.18 Å². The van der Waals surface area contributed by atoms with Crippen molar-refractivity contribution in [2.24, 2.45) is 7.05 Å². The average Bonchev–Trinajstić information content (AvgIpc) is 3.64. The second-order valence-corrected chi connectivity index (χ2v) is 11.0. The molecule has 3 aromatic heterocycles. The number of aryl methyl sites for hydroxylation is 1. The van der Waals surface area contributed by atoms with Gasteiger partial charge in [0.25, 0.3) is 5.91 Å². The lowest BCUT2D eigenvalue weighted by molar-refractivity contribution is -0.143. The lowest BCUT2D eigenvalue weighted by atomic mass is 9.92. The summed E-state index contributed by atoms with van der Waals surface area (Å²) in [6.07, 6.45) is 1.83. The molecule has 2 saturated heterocycles. The Morgan fingerprint density at radius 3 is 2.74 bits per heavy atom. The number of ether oxygens (including phenoxy) is 1. The maximum Gasteiger partial charge on any atom is 0.433 e. The molecule has 2 amide bonds. The van der Waals surface area contributed by atoms with E-state index in [2.05, 4.69) is 15.4 Å². The fourth-order valence-electron chi connectivity index (χ4n) is 6.02. The van der Waals surface area contributed by atoms with E-state index in [1.807, 2.05) is 9.30 Å². The second kappa shape index (κ2) is 10.7. The van der Waals surface area contributed by atoms with Gasteiger partial charge in [-0.25, -0.2) is 9.97 Å². The van der Waals surface area contributed by atoms with Gasteiger partial charge in [-0.15, -0.1) is 0 Å². The zero-order valence-electron chi connectivity index (χ0n) is 23.3. The molecule has 15 heteroatoms. The van der Waals surface area contributed by atoms with Gasteiger partial charge in [-0.05, 0) is 38.3 Å². The van der Waals surface area contributed by atoms with Crippen LogP contribution in [0.1, 0.15) is 60.4 Å². The first-order chi connectivity index (χ1) is 20.5. The standard InChI is InChI=1S/C28H28ClF3N8O3/c1-3-43-18-11-15(27(42)35-20-12-19(28(30,31)32)38(2)37-20)10-17(29)22(18)23-24-25(33)34-8-9-39(24)26(36-23)14-4-5-16-6-7-21(41)40(16)13-14/h8-12,14,16H,3-7,13H2,1-2H3,(H2,33,34)(H,35,37,42)/t14-,16+/m1/s1. The summed E-state index contributed by atoms with van der Waals surface area (Å²) in [5.74, 6) is 0.225. The van der Waals surface area contributed by atoms with E-state index < -0.39 is 17.8 Å². The molecular formula is C28H28ClF3N8O3. The van der Waals surface area contributed by atoms with Crippen molar-refractivity contribution in [3.8, 4) is 17.0 Å². The summed E-state index contributed by atoms with van der Waals surface area (Å²) < 4.78 is 48.0. The summed E-state index contributed by atoms with van der Waals surface area (Å²) >= 11 is 6.79. The number of nitrogen functional groups attached to an aromatic ring is 1. The van der Waals surface area contributed by atoms with Crippen LogP contribution in [-0.2, 0) is 18.0 Å². The van der Waals surface area contributed by atoms with Crippen LogP contribution in [0.3, 0.4) is 0 Å². The lowest BCUT2D eigenvalue weighted by Gasteiger charge is -2.34. The number of rotatable bonds is 6. The van der Waals surface area contributed by atoms with E-state index in [1.54, 1.807) is 19.3 Å². The molecule has 2 fully saturated rings. The molecule has 0 aliphatic carbocycles. The third-order valence-electron chi connectivity index (χ3n) is 7.96. The molecule has 0 radical (unpaired) electrons. The number of nitrogens with one attached hydrogen (secondary N) is 1. The molecule has 0 unspecified atom stereocenters. The van der Waals surface area contributed by atoms with Crippen molar-refractivity contribution < 1.29 is 27.5 Å². The number of fused-ring (bicyclic) bond motifs is 2. The molecule has 43 heavy (non-hydrogen) atoms. The van der Waals surface area contributed by atoms with Crippen LogP contribution in [-0.4, -0.2) is 60.1 Å². The van der Waals surface area contributed by atoms with Gasteiger partial charge in [-0.3, -0.25) is 18.7 Å². The Hall–Kier alpha value is -4.33. The molecular weight excluding hydrogens is 589 g/mol. The number of anilines is 2. The van der Waals surface area contributed by atoms with Crippen LogP contribution < -0.4 is 15.8 Å². The minimum atomic E-state index is -4.63. The molecule has 0 spiro atoms. The zero-order valence-corrected chi connectivity index (χ0v) is 24.0. The lowest BCUT2D eigenvalue weighted by Crippen LogP contribution is -2.41. The topological polar surface area (TPSA) is 133 Å². The van der Waals surface area contributed by atoms with Gasteiger partial charge in [0.2, 0.25) is 5.91 Å². The quantitative estimate of drug-likeness (QED) is 0.315. The van der Waals surface area contributed by atoms with Crippen LogP contribution >= 0.6 is 11.6 Å². The predicted octanol–water partition coefficient (Wildman–Crippen LogP) is 4.90. The number of piperidine rings is 1. The SMILES string of the molecule is CCOc1cc(C(=O)Nc2cc(C(F)(F)F)n(C)n2)cc(Cl)c1-c1nc([C@@H]2CC[C@H]3CCC(=O)N3C2)n2ccnc(N)c12. The van der Waals surface area contributed by atoms with E-state index in [0.717, 1.165) is 32.4 Å². The Labute approximate surface area is 248 Å². The van der Waals surface area contributed by atoms with E-state index in [-0.39, 0.29) is 52.4 Å². The molecule has 6 rings (SSSR count). The number of nitrogens with zero attached hydrogens (tertiary/aromatic N) is 6. The molecule has 1 aromatic carbocycles. The van der Waals surface area contributed by atoms with Crippen molar-refractivity contribution in [1.82, 2.24) is 29.0 Å². The highest BCUT2D eigenvalue weighted by Gasteiger charge is 2.39. The average molecular weight is 617 g/mol. The van der Waals surface area contributed by atoms with Crippen LogP contribution in [0.4, 0.5) is 24.8 Å². The molecule has 0 saturated carbocycles. The second-order valence-electron chi connectivity index (χ2n) is 10.6. The Morgan fingerprint density at radius 1 is 1.23 bits per heavy atom. The highest BCUT2D eigenvalue weighted by atomic mass is 35.5. The van der Waals surface area contributed by atoms with Crippen LogP contribution in [0.2, 0.25) is 5.02 Å². The molecule has 0 bridgehead atoms. The predicted molar refractivity (Wildman–Crippen MR) is 152 cm³/mol. The van der Waals surface area contributed by atoms with Gasteiger partial charge in [-0.2, -0.15) is 18.3 Å². The van der Waals surface area contributed by atoms with Gasteiger partial charge in [-0.1, -0.05) is 11.6 Å². The van der Waals surface area contributed by atoms with Crippen molar-refractivity contribution in [2.45, 2.75) is 50.7 Å². The highest BCUT2D eigenvalue weighted by Crippen LogP contribution is 2.43. The van der Waals surface area contributed by atoms with Crippen molar-refractivity contribution in [2.75, 3.05) is 24.2 Å². The largest absolute Gasteiger partial charge is 0.493 e. The van der Waals surface area contributed by atoms with E-state index >= 15 is 0 Å². The fourth-order valence-corrected chi connectivity index (χ4v) is 6.32. The van der Waals surface area contributed by atoms with Gasteiger partial charge < -0.3 is 20.7 Å². The summed E-state index contributed by atoms with van der Waals surface area (Å²) in [5, 5.41) is 6.25. The monoisotopic (exact) mass is 616 g/mol. The third-order valence-corrected chi connectivity index (χ3v) is 8.26.